The molecular weight excluding hydrogens is 378 g/mol. The Balaban J connectivity index is 1.65. The van der Waals surface area contributed by atoms with Crippen LogP contribution in [0.5, 0.6) is 0 Å². The lowest BCUT2D eigenvalue weighted by Crippen LogP contribution is -2.49. The molecule has 0 aliphatic heterocycles. The summed E-state index contributed by atoms with van der Waals surface area (Å²) in [7, 11) is 0. The molecule has 1 amide bonds. The molecular formula is C24H19N3O3. The summed E-state index contributed by atoms with van der Waals surface area (Å²) in [6.07, 6.45) is 13.2. The first-order valence-electron chi connectivity index (χ1n) is 9.44. The van der Waals surface area contributed by atoms with Crippen LogP contribution in [-0.4, -0.2) is 33.0 Å². The second-order valence-electron chi connectivity index (χ2n) is 6.94. The maximum Gasteiger partial charge on any atom is 0.319 e. The minimum absolute atomic E-state index is 0.333. The second-order valence-corrected chi connectivity index (χ2v) is 6.94. The summed E-state index contributed by atoms with van der Waals surface area (Å²) >= 11 is 0. The SMILES string of the molecule is O=C(NC1C=CC=CC1(/C=C/c1ccc2nccnc2c1)C(=O)O)c1ccccc1. The van der Waals surface area contributed by atoms with E-state index in [1.165, 1.54) is 0 Å². The van der Waals surface area contributed by atoms with Crippen LogP contribution in [0, 0.1) is 5.41 Å². The number of carboxylic acid groups (broad SMARTS) is 1. The molecule has 148 valence electrons. The summed E-state index contributed by atoms with van der Waals surface area (Å²) in [5.41, 5.74) is 1.32. The lowest BCUT2D eigenvalue weighted by Gasteiger charge is -2.32. The summed E-state index contributed by atoms with van der Waals surface area (Å²) in [5.74, 6) is -1.39. The lowest BCUT2D eigenvalue weighted by molar-refractivity contribution is -0.144. The number of hydrogen-bond donors (Lipinski definition) is 2. The van der Waals surface area contributed by atoms with Crippen molar-refractivity contribution in [3.05, 3.63) is 102 Å². The number of carbonyl (C=O) groups is 2. The zero-order valence-corrected chi connectivity index (χ0v) is 16.0. The number of carbonyl (C=O) groups excluding carboxylic acids is 1. The zero-order chi connectivity index (χ0) is 21.0. The average Bonchev–Trinajstić information content (AvgIpc) is 2.79. The van der Waals surface area contributed by atoms with Crippen LogP contribution in [0.4, 0.5) is 0 Å². The number of benzene rings is 2. The molecule has 6 nitrogen and oxygen atoms in total. The maximum atomic E-state index is 12.6. The predicted octanol–water partition coefficient (Wildman–Crippen LogP) is 3.64. The number of carboxylic acids is 1. The smallest absolute Gasteiger partial charge is 0.319 e. The molecule has 2 N–H and O–H groups in total. The fourth-order valence-corrected chi connectivity index (χ4v) is 3.39. The highest BCUT2D eigenvalue weighted by Gasteiger charge is 2.42. The van der Waals surface area contributed by atoms with E-state index in [-0.39, 0.29) is 5.91 Å². The van der Waals surface area contributed by atoms with Crippen LogP contribution >= 0.6 is 0 Å². The van der Waals surface area contributed by atoms with Gasteiger partial charge in [0.15, 0.2) is 0 Å². The number of aromatic nitrogens is 2. The first-order valence-corrected chi connectivity index (χ1v) is 9.44. The number of hydrogen-bond acceptors (Lipinski definition) is 4. The van der Waals surface area contributed by atoms with Gasteiger partial charge in [-0.15, -0.1) is 0 Å². The van der Waals surface area contributed by atoms with Crippen LogP contribution < -0.4 is 5.32 Å². The fraction of sp³-hybridized carbons (Fsp3) is 0.0833. The second kappa shape index (κ2) is 8.13. The molecule has 0 saturated carbocycles. The van der Waals surface area contributed by atoms with E-state index in [1.807, 2.05) is 24.3 Å². The van der Waals surface area contributed by atoms with Gasteiger partial charge in [0.2, 0.25) is 0 Å². The molecule has 0 radical (unpaired) electrons. The van der Waals surface area contributed by atoms with Gasteiger partial charge < -0.3 is 10.4 Å². The third-order valence-corrected chi connectivity index (χ3v) is 5.04. The molecule has 0 fully saturated rings. The van der Waals surface area contributed by atoms with Gasteiger partial charge in [0.05, 0.1) is 17.1 Å². The average molecular weight is 397 g/mol. The molecule has 2 atom stereocenters. The van der Waals surface area contributed by atoms with Gasteiger partial charge >= 0.3 is 5.97 Å². The van der Waals surface area contributed by atoms with Crippen LogP contribution in [0.2, 0.25) is 0 Å². The highest BCUT2D eigenvalue weighted by molar-refractivity contribution is 5.95. The molecule has 1 aliphatic rings. The molecule has 1 aromatic heterocycles. The topological polar surface area (TPSA) is 92.2 Å². The molecule has 30 heavy (non-hydrogen) atoms. The van der Waals surface area contributed by atoms with E-state index >= 15 is 0 Å². The quantitative estimate of drug-likeness (QED) is 0.686. The van der Waals surface area contributed by atoms with Crippen molar-refractivity contribution in [1.29, 1.82) is 0 Å². The Bertz CT molecular complexity index is 1180. The lowest BCUT2D eigenvalue weighted by atomic mass is 9.76. The van der Waals surface area contributed by atoms with Gasteiger partial charge in [-0.25, -0.2) is 0 Å². The Labute approximate surface area is 173 Å². The molecule has 0 spiro atoms. The van der Waals surface area contributed by atoms with E-state index in [4.69, 9.17) is 0 Å². The Kier molecular flexibility index (Phi) is 5.22. The number of fused-ring (bicyclic) bond motifs is 1. The summed E-state index contributed by atoms with van der Waals surface area (Å²) in [6, 6.07) is 13.5. The highest BCUT2D eigenvalue weighted by atomic mass is 16.4. The van der Waals surface area contributed by atoms with Crippen molar-refractivity contribution >= 4 is 29.0 Å². The minimum Gasteiger partial charge on any atom is -0.480 e. The minimum atomic E-state index is -1.42. The van der Waals surface area contributed by atoms with Gasteiger partial charge in [-0.1, -0.05) is 60.7 Å². The Morgan fingerprint density at radius 1 is 1.00 bits per heavy atom. The van der Waals surface area contributed by atoms with Gasteiger partial charge in [-0.2, -0.15) is 0 Å². The van der Waals surface area contributed by atoms with Gasteiger partial charge in [0.25, 0.3) is 5.91 Å². The Morgan fingerprint density at radius 2 is 1.77 bits per heavy atom. The summed E-state index contributed by atoms with van der Waals surface area (Å²) in [5, 5.41) is 12.9. The first-order chi connectivity index (χ1) is 14.6. The maximum absolute atomic E-state index is 12.6. The number of amides is 1. The first kappa shape index (κ1) is 19.3. The van der Waals surface area contributed by atoms with Crippen molar-refractivity contribution in [2.75, 3.05) is 0 Å². The molecule has 2 unspecified atom stereocenters. The molecule has 1 aliphatic carbocycles. The summed E-state index contributed by atoms with van der Waals surface area (Å²) in [6.45, 7) is 0. The summed E-state index contributed by atoms with van der Waals surface area (Å²) in [4.78, 5) is 33.5. The fourth-order valence-electron chi connectivity index (χ4n) is 3.39. The summed E-state index contributed by atoms with van der Waals surface area (Å²) < 4.78 is 0. The Hall–Kier alpha value is -4.06. The van der Waals surface area contributed by atoms with Crippen molar-refractivity contribution in [3.63, 3.8) is 0 Å². The van der Waals surface area contributed by atoms with E-state index in [1.54, 1.807) is 73.1 Å². The number of nitrogens with zero attached hydrogens (tertiary/aromatic N) is 2. The van der Waals surface area contributed by atoms with Crippen LogP contribution in [0.15, 0.2) is 91.3 Å². The van der Waals surface area contributed by atoms with Crippen molar-refractivity contribution in [2.24, 2.45) is 5.41 Å². The molecule has 0 bridgehead atoms. The van der Waals surface area contributed by atoms with Gasteiger partial charge in [-0.05, 0) is 29.8 Å². The van der Waals surface area contributed by atoms with Crippen molar-refractivity contribution < 1.29 is 14.7 Å². The third-order valence-electron chi connectivity index (χ3n) is 5.04. The standard InChI is InChI=1S/C24H19N3O3/c28-22(18-6-2-1-3-7-18)27-21-8-4-5-12-24(21,23(29)30)13-11-17-9-10-19-20(16-17)26-15-14-25-19/h1-16,21H,(H,27,28)(H,29,30)/b13-11+. The largest absolute Gasteiger partial charge is 0.480 e. The molecule has 0 saturated heterocycles. The van der Waals surface area contributed by atoms with Crippen molar-refractivity contribution in [2.45, 2.75) is 6.04 Å². The van der Waals surface area contributed by atoms with E-state index in [9.17, 15) is 14.7 Å². The molecule has 6 heteroatoms. The number of rotatable bonds is 5. The zero-order valence-electron chi connectivity index (χ0n) is 16.0. The molecule has 2 aromatic carbocycles. The van der Waals surface area contributed by atoms with E-state index in [2.05, 4.69) is 15.3 Å². The molecule has 1 heterocycles. The predicted molar refractivity (Wildman–Crippen MR) is 115 cm³/mol. The van der Waals surface area contributed by atoms with Gasteiger partial charge in [-0.3, -0.25) is 19.6 Å². The van der Waals surface area contributed by atoms with Crippen molar-refractivity contribution in [1.82, 2.24) is 15.3 Å². The van der Waals surface area contributed by atoms with Gasteiger partial charge in [0, 0.05) is 18.0 Å². The van der Waals surface area contributed by atoms with Crippen LogP contribution in [0.3, 0.4) is 0 Å². The molecule has 3 aromatic rings. The number of allylic oxidation sites excluding steroid dienone is 2. The van der Waals surface area contributed by atoms with Gasteiger partial charge in [0.1, 0.15) is 5.41 Å². The third kappa shape index (κ3) is 3.75. The van der Waals surface area contributed by atoms with E-state index < -0.39 is 17.4 Å². The van der Waals surface area contributed by atoms with E-state index in [0.717, 1.165) is 16.6 Å². The van der Waals surface area contributed by atoms with E-state index in [0.29, 0.717) is 5.56 Å². The van der Waals surface area contributed by atoms with Crippen LogP contribution in [-0.2, 0) is 4.79 Å². The highest BCUT2D eigenvalue weighted by Crippen LogP contribution is 2.32. The number of aliphatic carboxylic acids is 1. The monoisotopic (exact) mass is 397 g/mol. The van der Waals surface area contributed by atoms with Crippen molar-refractivity contribution in [3.8, 4) is 0 Å². The van der Waals surface area contributed by atoms with Crippen LogP contribution in [0.25, 0.3) is 17.1 Å². The molecule has 4 rings (SSSR count). The number of nitrogens with one attached hydrogen (secondary N) is 1. The normalized spacial score (nSPS) is 20.5. The Morgan fingerprint density at radius 3 is 2.53 bits per heavy atom. The van der Waals surface area contributed by atoms with Crippen LogP contribution in [0.1, 0.15) is 15.9 Å².